The van der Waals surface area contributed by atoms with Gasteiger partial charge in [-0.15, -0.1) is 0 Å². The molecule has 0 bridgehead atoms. The molecule has 0 aliphatic rings. The summed E-state index contributed by atoms with van der Waals surface area (Å²) < 4.78 is 7.67. The Labute approximate surface area is 147 Å². The molecule has 0 fully saturated rings. The number of imidazole rings is 1. The van der Waals surface area contributed by atoms with Crippen LogP contribution >= 0.6 is 0 Å². The van der Waals surface area contributed by atoms with Gasteiger partial charge in [0.05, 0.1) is 5.52 Å². The number of phenols is 1. The van der Waals surface area contributed by atoms with Crippen LogP contribution in [0.1, 0.15) is 11.8 Å². The molecule has 3 aromatic rings. The summed E-state index contributed by atoms with van der Waals surface area (Å²) in [6.45, 7) is 7.41. The third-order valence-electron chi connectivity index (χ3n) is 4.02. The fourth-order valence-electron chi connectivity index (χ4n) is 2.61. The van der Waals surface area contributed by atoms with Crippen molar-refractivity contribution < 1.29 is 9.84 Å². The number of fused-ring (bicyclic) bond motifs is 1. The smallest absolute Gasteiger partial charge is 0.330 e. The third kappa shape index (κ3) is 4.00. The van der Waals surface area contributed by atoms with Gasteiger partial charge in [-0.05, 0) is 30.3 Å². The quantitative estimate of drug-likeness (QED) is 0.663. The molecular formula is C18H23N3O3Si. The summed E-state index contributed by atoms with van der Waals surface area (Å²) in [6, 6.07) is 11.3. The zero-order valence-corrected chi connectivity index (χ0v) is 15.7. The lowest BCUT2D eigenvalue weighted by molar-refractivity contribution is 0.0408. The van der Waals surface area contributed by atoms with Crippen LogP contribution in [-0.2, 0) is 4.74 Å². The van der Waals surface area contributed by atoms with Gasteiger partial charge in [-0.3, -0.25) is 0 Å². The summed E-state index contributed by atoms with van der Waals surface area (Å²) in [5, 5.41) is 9.56. The molecule has 1 aromatic carbocycles. The second-order valence-electron chi connectivity index (χ2n) is 7.30. The zero-order valence-electron chi connectivity index (χ0n) is 14.7. The highest BCUT2D eigenvalue weighted by atomic mass is 28.3. The van der Waals surface area contributed by atoms with E-state index in [1.165, 1.54) is 4.57 Å². The molecule has 0 saturated heterocycles. The van der Waals surface area contributed by atoms with Crippen molar-refractivity contribution in [2.24, 2.45) is 0 Å². The Morgan fingerprint density at radius 1 is 1.24 bits per heavy atom. The number of ether oxygens (including phenoxy) is 1. The Morgan fingerprint density at radius 2 is 1.96 bits per heavy atom. The van der Waals surface area contributed by atoms with Gasteiger partial charge in [0.25, 0.3) is 0 Å². The van der Waals surface area contributed by atoms with Crippen LogP contribution in [0.25, 0.3) is 11.2 Å². The molecule has 0 radical (unpaired) electrons. The first-order valence-corrected chi connectivity index (χ1v) is 12.0. The first-order valence-electron chi connectivity index (χ1n) is 8.31. The van der Waals surface area contributed by atoms with E-state index in [-0.39, 0.29) is 11.4 Å². The number of nitrogens with zero attached hydrogens (tertiary/aromatic N) is 2. The van der Waals surface area contributed by atoms with Crippen molar-refractivity contribution in [2.75, 3.05) is 6.61 Å². The monoisotopic (exact) mass is 357 g/mol. The Balaban J connectivity index is 2.02. The second-order valence-corrected chi connectivity index (χ2v) is 12.9. The van der Waals surface area contributed by atoms with Crippen LogP contribution in [0.15, 0.2) is 47.4 Å². The molecule has 132 valence electrons. The molecule has 6 nitrogen and oxygen atoms in total. The van der Waals surface area contributed by atoms with Gasteiger partial charge in [-0.1, -0.05) is 31.8 Å². The summed E-state index contributed by atoms with van der Waals surface area (Å²) in [7, 11) is -1.26. The van der Waals surface area contributed by atoms with E-state index in [2.05, 4.69) is 29.6 Å². The van der Waals surface area contributed by atoms with E-state index in [0.717, 1.165) is 11.6 Å². The normalized spacial score (nSPS) is 13.2. The molecule has 0 aliphatic heterocycles. The number of hydrogen-bond acceptors (Lipinski definition) is 4. The lowest BCUT2D eigenvalue weighted by atomic mass is 10.2. The molecule has 1 unspecified atom stereocenters. The SMILES string of the molecule is C[Si](C)(C)CCOC(c1ccc(O)cc1)n1c(=O)[nH]c2cccnc21. The Hall–Kier alpha value is -2.38. The fraction of sp³-hybridized carbons (Fsp3) is 0.333. The van der Waals surface area contributed by atoms with Crippen molar-refractivity contribution in [1.29, 1.82) is 0 Å². The van der Waals surface area contributed by atoms with E-state index in [4.69, 9.17) is 4.74 Å². The van der Waals surface area contributed by atoms with Crippen molar-refractivity contribution in [3.8, 4) is 5.75 Å². The molecule has 2 N–H and O–H groups in total. The third-order valence-corrected chi connectivity index (χ3v) is 5.72. The minimum Gasteiger partial charge on any atom is -0.508 e. The van der Waals surface area contributed by atoms with Gasteiger partial charge in [-0.25, -0.2) is 14.3 Å². The van der Waals surface area contributed by atoms with E-state index >= 15 is 0 Å². The second kappa shape index (κ2) is 6.85. The van der Waals surface area contributed by atoms with Crippen molar-refractivity contribution in [1.82, 2.24) is 14.5 Å². The predicted molar refractivity (Wildman–Crippen MR) is 101 cm³/mol. The maximum Gasteiger partial charge on any atom is 0.330 e. The van der Waals surface area contributed by atoms with Gasteiger partial charge in [0.15, 0.2) is 11.9 Å². The van der Waals surface area contributed by atoms with Crippen molar-refractivity contribution in [3.05, 3.63) is 58.6 Å². The van der Waals surface area contributed by atoms with Gasteiger partial charge in [0.1, 0.15) is 5.75 Å². The lowest BCUT2D eigenvalue weighted by Crippen LogP contribution is -2.28. The number of pyridine rings is 1. The number of rotatable bonds is 6. The van der Waals surface area contributed by atoms with E-state index in [9.17, 15) is 9.90 Å². The molecule has 7 heteroatoms. The van der Waals surface area contributed by atoms with Gasteiger partial charge in [0.2, 0.25) is 0 Å². The van der Waals surface area contributed by atoms with Crippen LogP contribution in [0.3, 0.4) is 0 Å². The highest BCUT2D eigenvalue weighted by molar-refractivity contribution is 6.76. The number of aromatic amines is 1. The van der Waals surface area contributed by atoms with Gasteiger partial charge in [0, 0.05) is 26.4 Å². The molecule has 0 aliphatic carbocycles. The summed E-state index contributed by atoms with van der Waals surface area (Å²) >= 11 is 0. The van der Waals surface area contributed by atoms with Crippen LogP contribution in [-0.4, -0.2) is 34.3 Å². The van der Waals surface area contributed by atoms with Gasteiger partial charge >= 0.3 is 5.69 Å². The number of nitrogens with one attached hydrogen (secondary N) is 1. The van der Waals surface area contributed by atoms with Crippen LogP contribution in [0, 0.1) is 0 Å². The van der Waals surface area contributed by atoms with E-state index in [0.29, 0.717) is 17.8 Å². The molecule has 0 saturated carbocycles. The maximum atomic E-state index is 12.5. The number of phenolic OH excluding ortho intramolecular Hbond substituents is 1. The Morgan fingerprint density at radius 3 is 2.64 bits per heavy atom. The molecule has 0 amide bonds. The maximum absolute atomic E-state index is 12.5. The largest absolute Gasteiger partial charge is 0.508 e. The minimum atomic E-state index is -1.26. The summed E-state index contributed by atoms with van der Waals surface area (Å²) in [6.07, 6.45) is 1.07. The van der Waals surface area contributed by atoms with E-state index < -0.39 is 14.3 Å². The van der Waals surface area contributed by atoms with Crippen LogP contribution in [0.5, 0.6) is 5.75 Å². The van der Waals surface area contributed by atoms with Crippen LogP contribution < -0.4 is 5.69 Å². The predicted octanol–water partition coefficient (Wildman–Crippen LogP) is 3.33. The number of hydrogen-bond donors (Lipinski definition) is 2. The highest BCUT2D eigenvalue weighted by Gasteiger charge is 2.22. The van der Waals surface area contributed by atoms with Crippen molar-refractivity contribution in [2.45, 2.75) is 31.9 Å². The minimum absolute atomic E-state index is 0.175. The first kappa shape index (κ1) is 17.4. The summed E-state index contributed by atoms with van der Waals surface area (Å²) in [5.41, 5.74) is 1.76. The molecule has 3 rings (SSSR count). The molecule has 25 heavy (non-hydrogen) atoms. The topological polar surface area (TPSA) is 80.1 Å². The number of aromatic hydroxyl groups is 1. The summed E-state index contributed by atoms with van der Waals surface area (Å²) in [5.74, 6) is 0.175. The standard InChI is InChI=1S/C18H23N3O3Si/c1-25(2,3)12-11-24-17(13-6-8-14(22)9-7-13)21-16-15(20-18(21)23)5-4-10-19-16/h4-10,17,22H,11-12H2,1-3H3,(H,20,23). The number of H-pyrrole nitrogens is 1. The summed E-state index contributed by atoms with van der Waals surface area (Å²) in [4.78, 5) is 19.7. The van der Waals surface area contributed by atoms with E-state index in [1.54, 1.807) is 36.5 Å². The fourth-order valence-corrected chi connectivity index (χ4v) is 3.34. The first-order chi connectivity index (χ1) is 11.8. The number of aromatic nitrogens is 3. The van der Waals surface area contributed by atoms with Crippen molar-refractivity contribution >= 4 is 19.2 Å². The lowest BCUT2D eigenvalue weighted by Gasteiger charge is -2.22. The van der Waals surface area contributed by atoms with Crippen molar-refractivity contribution in [3.63, 3.8) is 0 Å². The van der Waals surface area contributed by atoms with Crippen LogP contribution in [0.2, 0.25) is 25.7 Å². The average molecular weight is 357 g/mol. The molecular weight excluding hydrogens is 334 g/mol. The Bertz CT molecular complexity index is 910. The number of benzene rings is 1. The molecule has 1 atom stereocenters. The molecule has 2 aromatic heterocycles. The average Bonchev–Trinajstić information content (AvgIpc) is 2.87. The van der Waals surface area contributed by atoms with E-state index in [1.807, 2.05) is 6.07 Å². The molecule has 0 spiro atoms. The van der Waals surface area contributed by atoms with Gasteiger partial charge < -0.3 is 14.8 Å². The van der Waals surface area contributed by atoms with Crippen LogP contribution in [0.4, 0.5) is 0 Å². The zero-order chi connectivity index (χ0) is 18.0. The molecule has 2 heterocycles. The Kier molecular flexibility index (Phi) is 4.78. The highest BCUT2D eigenvalue weighted by Crippen LogP contribution is 2.24. The van der Waals surface area contributed by atoms with Gasteiger partial charge in [-0.2, -0.15) is 0 Å².